The number of hydrogen-bond acceptors (Lipinski definition) is 4. The molecule has 0 aromatic rings. The van der Waals surface area contributed by atoms with E-state index >= 15 is 0 Å². The van der Waals surface area contributed by atoms with E-state index in [-0.39, 0.29) is 12.1 Å². The zero-order valence-electron chi connectivity index (χ0n) is 14.0. The Labute approximate surface area is 133 Å². The van der Waals surface area contributed by atoms with E-state index in [4.69, 9.17) is 9.47 Å². The predicted octanol–water partition coefficient (Wildman–Crippen LogP) is 3.39. The predicted molar refractivity (Wildman–Crippen MR) is 85.5 cm³/mol. The molecule has 1 aliphatic heterocycles. The number of allylic oxidation sites excluding steroid dienone is 1. The van der Waals surface area contributed by atoms with Crippen molar-refractivity contribution in [2.75, 3.05) is 26.3 Å². The van der Waals surface area contributed by atoms with Gasteiger partial charge in [0.2, 0.25) is 0 Å². The fourth-order valence-corrected chi connectivity index (χ4v) is 2.44. The van der Waals surface area contributed by atoms with Gasteiger partial charge in [-0.1, -0.05) is 19.9 Å². The van der Waals surface area contributed by atoms with E-state index in [9.17, 15) is 9.59 Å². The molecule has 0 radical (unpaired) electrons. The van der Waals surface area contributed by atoms with Gasteiger partial charge in [-0.3, -0.25) is 0 Å². The van der Waals surface area contributed by atoms with Crippen molar-refractivity contribution >= 4 is 12.1 Å². The quantitative estimate of drug-likeness (QED) is 0.534. The van der Waals surface area contributed by atoms with Crippen molar-refractivity contribution in [3.05, 3.63) is 12.2 Å². The molecule has 0 saturated carbocycles. The largest absolute Gasteiger partial charge is 0.463 e. The van der Waals surface area contributed by atoms with E-state index in [1.807, 2.05) is 19.9 Å². The minimum absolute atomic E-state index is 0.186. The Morgan fingerprint density at radius 1 is 1.23 bits per heavy atom. The zero-order chi connectivity index (χ0) is 16.4. The minimum atomic E-state index is -0.273. The Morgan fingerprint density at radius 3 is 2.50 bits per heavy atom. The van der Waals surface area contributed by atoms with Crippen molar-refractivity contribution in [2.24, 2.45) is 11.8 Å². The molecule has 5 nitrogen and oxygen atoms in total. The van der Waals surface area contributed by atoms with Crippen molar-refractivity contribution in [3.8, 4) is 0 Å². The average Bonchev–Trinajstić information content (AvgIpc) is 2.50. The van der Waals surface area contributed by atoms with Gasteiger partial charge in [-0.15, -0.1) is 0 Å². The lowest BCUT2D eigenvalue weighted by Gasteiger charge is -2.31. The van der Waals surface area contributed by atoms with Crippen molar-refractivity contribution in [3.63, 3.8) is 0 Å². The first-order valence-electron chi connectivity index (χ1n) is 8.27. The van der Waals surface area contributed by atoms with Crippen molar-refractivity contribution in [2.45, 2.75) is 46.5 Å². The minimum Gasteiger partial charge on any atom is -0.463 e. The average molecular weight is 311 g/mol. The van der Waals surface area contributed by atoms with Crippen LogP contribution in [0.15, 0.2) is 12.2 Å². The molecule has 22 heavy (non-hydrogen) atoms. The first-order valence-corrected chi connectivity index (χ1v) is 8.27. The number of likely N-dealkylation sites (tertiary alicyclic amines) is 1. The van der Waals surface area contributed by atoms with Gasteiger partial charge in [0.05, 0.1) is 13.2 Å². The van der Waals surface area contributed by atoms with Gasteiger partial charge in [0.1, 0.15) is 0 Å². The summed E-state index contributed by atoms with van der Waals surface area (Å²) in [6.45, 7) is 8.29. The third-order valence-corrected chi connectivity index (χ3v) is 3.69. The highest BCUT2D eigenvalue weighted by atomic mass is 16.6. The van der Waals surface area contributed by atoms with E-state index in [0.29, 0.717) is 25.0 Å². The Balaban J connectivity index is 2.17. The van der Waals surface area contributed by atoms with Crippen LogP contribution in [-0.4, -0.2) is 43.3 Å². The fraction of sp³-hybridized carbons (Fsp3) is 0.765. The van der Waals surface area contributed by atoms with Gasteiger partial charge in [0, 0.05) is 19.2 Å². The number of rotatable bonds is 7. The highest BCUT2D eigenvalue weighted by Crippen LogP contribution is 2.22. The summed E-state index contributed by atoms with van der Waals surface area (Å²) in [6, 6.07) is 0. The van der Waals surface area contributed by atoms with E-state index in [1.165, 1.54) is 6.08 Å². The van der Waals surface area contributed by atoms with Crippen LogP contribution in [0.3, 0.4) is 0 Å². The molecule has 0 N–H and O–H groups in total. The van der Waals surface area contributed by atoms with Crippen LogP contribution in [0.1, 0.15) is 46.5 Å². The van der Waals surface area contributed by atoms with Crippen LogP contribution in [0.2, 0.25) is 0 Å². The van der Waals surface area contributed by atoms with Gasteiger partial charge in [0.25, 0.3) is 0 Å². The molecule has 5 heteroatoms. The molecule has 1 saturated heterocycles. The summed E-state index contributed by atoms with van der Waals surface area (Å²) in [5.41, 5.74) is 0. The molecule has 0 aliphatic carbocycles. The molecule has 126 valence electrons. The van der Waals surface area contributed by atoms with Gasteiger partial charge >= 0.3 is 12.1 Å². The van der Waals surface area contributed by atoms with E-state index in [1.54, 1.807) is 11.8 Å². The van der Waals surface area contributed by atoms with Gasteiger partial charge in [-0.25, -0.2) is 9.59 Å². The topological polar surface area (TPSA) is 55.8 Å². The highest BCUT2D eigenvalue weighted by Gasteiger charge is 2.23. The fourth-order valence-electron chi connectivity index (χ4n) is 2.44. The van der Waals surface area contributed by atoms with Gasteiger partial charge < -0.3 is 14.4 Å². The Hall–Kier alpha value is -1.52. The molecule has 0 aromatic carbocycles. The Kier molecular flexibility index (Phi) is 8.63. The van der Waals surface area contributed by atoms with Crippen molar-refractivity contribution in [1.82, 2.24) is 4.90 Å². The molecule has 0 aromatic heterocycles. The van der Waals surface area contributed by atoms with E-state index in [0.717, 1.165) is 38.8 Å². The van der Waals surface area contributed by atoms with Crippen LogP contribution in [0.25, 0.3) is 0 Å². The molecular formula is C17H29NO4. The summed E-state index contributed by atoms with van der Waals surface area (Å²) in [5, 5.41) is 0. The molecular weight excluding hydrogens is 282 g/mol. The number of esters is 1. The number of carbonyl (C=O) groups is 2. The third kappa shape index (κ3) is 7.48. The number of nitrogens with zero attached hydrogens (tertiary/aromatic N) is 1. The van der Waals surface area contributed by atoms with Crippen LogP contribution < -0.4 is 0 Å². The SMILES string of the molecule is CCOC(=O)C=CCCC1CCN(C(=O)OCC(C)C)CC1. The molecule has 0 atom stereocenters. The lowest BCUT2D eigenvalue weighted by atomic mass is 9.92. The molecule has 0 bridgehead atoms. The highest BCUT2D eigenvalue weighted by molar-refractivity contribution is 5.81. The maximum atomic E-state index is 11.8. The summed E-state index contributed by atoms with van der Waals surface area (Å²) in [7, 11) is 0. The molecule has 1 fully saturated rings. The maximum Gasteiger partial charge on any atom is 0.409 e. The molecule has 1 rings (SSSR count). The Bertz CT molecular complexity index is 371. The molecule has 0 unspecified atom stereocenters. The van der Waals surface area contributed by atoms with Crippen LogP contribution >= 0.6 is 0 Å². The van der Waals surface area contributed by atoms with Crippen LogP contribution in [0.5, 0.6) is 0 Å². The van der Waals surface area contributed by atoms with Gasteiger partial charge in [0.15, 0.2) is 0 Å². The second-order valence-electron chi connectivity index (χ2n) is 6.13. The summed E-state index contributed by atoms with van der Waals surface area (Å²) in [5.74, 6) is 0.707. The van der Waals surface area contributed by atoms with Crippen molar-refractivity contribution in [1.29, 1.82) is 0 Å². The number of hydrogen-bond donors (Lipinski definition) is 0. The first-order chi connectivity index (χ1) is 10.5. The van der Waals surface area contributed by atoms with Gasteiger partial charge in [-0.05, 0) is 44.4 Å². The maximum absolute atomic E-state index is 11.8. The number of amides is 1. The van der Waals surface area contributed by atoms with Gasteiger partial charge in [-0.2, -0.15) is 0 Å². The summed E-state index contributed by atoms with van der Waals surface area (Å²) in [4.78, 5) is 24.8. The normalized spacial score (nSPS) is 16.3. The molecule has 0 spiro atoms. The summed E-state index contributed by atoms with van der Waals surface area (Å²) >= 11 is 0. The van der Waals surface area contributed by atoms with Crippen LogP contribution in [-0.2, 0) is 14.3 Å². The Morgan fingerprint density at radius 2 is 1.91 bits per heavy atom. The monoisotopic (exact) mass is 311 g/mol. The van der Waals surface area contributed by atoms with Crippen LogP contribution in [0, 0.1) is 11.8 Å². The molecule has 1 amide bonds. The number of piperidine rings is 1. The smallest absolute Gasteiger partial charge is 0.409 e. The van der Waals surface area contributed by atoms with E-state index < -0.39 is 0 Å². The second-order valence-corrected chi connectivity index (χ2v) is 6.13. The number of carbonyl (C=O) groups excluding carboxylic acids is 2. The third-order valence-electron chi connectivity index (χ3n) is 3.69. The standard InChI is InChI=1S/C17H29NO4/c1-4-21-16(19)8-6-5-7-15-9-11-18(12-10-15)17(20)22-13-14(2)3/h6,8,14-15H,4-5,7,9-13H2,1-3H3. The number of ether oxygens (including phenoxy) is 2. The first kappa shape index (κ1) is 18.5. The zero-order valence-corrected chi connectivity index (χ0v) is 14.0. The van der Waals surface area contributed by atoms with Crippen molar-refractivity contribution < 1.29 is 19.1 Å². The lowest BCUT2D eigenvalue weighted by molar-refractivity contribution is -0.137. The van der Waals surface area contributed by atoms with E-state index in [2.05, 4.69) is 0 Å². The summed E-state index contributed by atoms with van der Waals surface area (Å²) in [6.07, 6.45) is 7.12. The lowest BCUT2D eigenvalue weighted by Crippen LogP contribution is -2.39. The molecule has 1 heterocycles. The summed E-state index contributed by atoms with van der Waals surface area (Å²) < 4.78 is 10.1. The van der Waals surface area contributed by atoms with Crippen LogP contribution in [0.4, 0.5) is 4.79 Å². The molecule has 1 aliphatic rings. The second kappa shape index (κ2) is 10.2.